The fraction of sp³-hybridized carbons (Fsp3) is 0.733. The van der Waals surface area contributed by atoms with E-state index in [0.29, 0.717) is 5.95 Å². The van der Waals surface area contributed by atoms with Crippen LogP contribution in [-0.4, -0.2) is 89.8 Å². The smallest absolute Gasteiger partial charge is 0.247 e. The van der Waals surface area contributed by atoms with Crippen LogP contribution in [0.2, 0.25) is 0 Å². The minimum absolute atomic E-state index is 0.139. The van der Waals surface area contributed by atoms with Gasteiger partial charge in [-0.15, -0.1) is 5.10 Å². The summed E-state index contributed by atoms with van der Waals surface area (Å²) >= 11 is 0. The molecule has 1 aromatic heterocycles. The lowest BCUT2D eigenvalue weighted by Gasteiger charge is -2.36. The number of carbonyl (C=O) groups excluding carboxylic acids is 1. The van der Waals surface area contributed by atoms with Crippen LogP contribution in [-0.2, 0) is 4.79 Å². The average molecular weight is 319 g/mol. The molecule has 8 nitrogen and oxygen atoms in total. The predicted molar refractivity (Wildman–Crippen MR) is 88.6 cm³/mol. The van der Waals surface area contributed by atoms with E-state index < -0.39 is 0 Å². The first kappa shape index (κ1) is 15.9. The summed E-state index contributed by atoms with van der Waals surface area (Å²) in [6.07, 6.45) is 1.72. The van der Waals surface area contributed by atoms with E-state index in [-0.39, 0.29) is 5.91 Å². The third-order valence-electron chi connectivity index (χ3n) is 4.69. The highest BCUT2D eigenvalue weighted by Crippen LogP contribution is 2.17. The Bertz CT molecular complexity index is 536. The number of nitrogens with zero attached hydrogens (tertiary/aromatic N) is 7. The Morgan fingerprint density at radius 2 is 1.70 bits per heavy atom. The van der Waals surface area contributed by atoms with Crippen LogP contribution >= 0.6 is 0 Å². The number of aromatic nitrogens is 3. The van der Waals surface area contributed by atoms with Crippen LogP contribution < -0.4 is 9.80 Å². The SMILES string of the molecule is CCN1CCN(c2nncc(N3CCN(C(C)=O)CC3)n2)CC1. The van der Waals surface area contributed by atoms with Crippen molar-refractivity contribution in [3.63, 3.8) is 0 Å². The average Bonchev–Trinajstić information content (AvgIpc) is 2.62. The molecule has 0 aliphatic carbocycles. The lowest BCUT2D eigenvalue weighted by Crippen LogP contribution is -2.49. The maximum atomic E-state index is 11.4. The number of carbonyl (C=O) groups is 1. The van der Waals surface area contributed by atoms with Gasteiger partial charge in [-0.1, -0.05) is 6.92 Å². The highest BCUT2D eigenvalue weighted by molar-refractivity contribution is 5.73. The van der Waals surface area contributed by atoms with Gasteiger partial charge in [-0.3, -0.25) is 4.79 Å². The fourth-order valence-electron chi connectivity index (χ4n) is 3.09. The fourth-order valence-corrected chi connectivity index (χ4v) is 3.09. The molecule has 2 aliphatic heterocycles. The molecule has 8 heteroatoms. The summed E-state index contributed by atoms with van der Waals surface area (Å²) in [5.41, 5.74) is 0. The lowest BCUT2D eigenvalue weighted by molar-refractivity contribution is -0.129. The number of hydrogen-bond acceptors (Lipinski definition) is 7. The van der Waals surface area contributed by atoms with E-state index in [0.717, 1.165) is 64.7 Å². The van der Waals surface area contributed by atoms with Gasteiger partial charge in [0.2, 0.25) is 11.9 Å². The second kappa shape index (κ2) is 7.08. The standard InChI is InChI=1S/C15H25N7O/c1-3-19-4-6-22(7-5-19)15-17-14(12-16-18-15)21-10-8-20(9-11-21)13(2)23/h12H,3-11H2,1-2H3. The van der Waals surface area contributed by atoms with Gasteiger partial charge in [-0.05, 0) is 6.54 Å². The van der Waals surface area contributed by atoms with Crippen molar-refractivity contribution >= 4 is 17.7 Å². The molecular weight excluding hydrogens is 294 g/mol. The summed E-state index contributed by atoms with van der Waals surface area (Å²) in [5, 5.41) is 8.35. The van der Waals surface area contributed by atoms with Crippen LogP contribution in [0.3, 0.4) is 0 Å². The quantitative estimate of drug-likeness (QED) is 0.756. The summed E-state index contributed by atoms with van der Waals surface area (Å²) in [6, 6.07) is 0. The zero-order chi connectivity index (χ0) is 16.2. The zero-order valence-corrected chi connectivity index (χ0v) is 14.0. The van der Waals surface area contributed by atoms with Crippen molar-refractivity contribution in [2.45, 2.75) is 13.8 Å². The second-order valence-electron chi connectivity index (χ2n) is 6.03. The van der Waals surface area contributed by atoms with Crippen molar-refractivity contribution in [2.24, 2.45) is 0 Å². The summed E-state index contributed by atoms with van der Waals surface area (Å²) in [7, 11) is 0. The van der Waals surface area contributed by atoms with E-state index in [1.54, 1.807) is 13.1 Å². The molecule has 0 saturated carbocycles. The van der Waals surface area contributed by atoms with Crippen LogP contribution in [0, 0.1) is 0 Å². The van der Waals surface area contributed by atoms with Crippen molar-refractivity contribution in [3.05, 3.63) is 6.20 Å². The number of amides is 1. The van der Waals surface area contributed by atoms with Crippen LogP contribution in [0.4, 0.5) is 11.8 Å². The Labute approximate surface area is 137 Å². The largest absolute Gasteiger partial charge is 0.352 e. The Morgan fingerprint density at radius 3 is 2.30 bits per heavy atom. The number of rotatable bonds is 3. The molecule has 0 N–H and O–H groups in total. The number of hydrogen-bond donors (Lipinski definition) is 0. The third kappa shape index (κ3) is 3.69. The van der Waals surface area contributed by atoms with Crippen LogP contribution in [0.1, 0.15) is 13.8 Å². The predicted octanol–water partition coefficient (Wildman–Crippen LogP) is -0.318. The van der Waals surface area contributed by atoms with Gasteiger partial charge in [-0.25, -0.2) is 0 Å². The molecule has 0 unspecified atom stereocenters. The number of anilines is 2. The molecule has 0 atom stereocenters. The van der Waals surface area contributed by atoms with E-state index in [1.165, 1.54) is 0 Å². The van der Waals surface area contributed by atoms with Gasteiger partial charge >= 0.3 is 0 Å². The first-order valence-corrected chi connectivity index (χ1v) is 8.35. The van der Waals surface area contributed by atoms with E-state index in [9.17, 15) is 4.79 Å². The first-order chi connectivity index (χ1) is 11.2. The van der Waals surface area contributed by atoms with Crippen molar-refractivity contribution in [3.8, 4) is 0 Å². The monoisotopic (exact) mass is 319 g/mol. The zero-order valence-electron chi connectivity index (χ0n) is 14.0. The molecule has 0 bridgehead atoms. The van der Waals surface area contributed by atoms with Crippen LogP contribution in [0.15, 0.2) is 6.20 Å². The molecule has 1 amide bonds. The van der Waals surface area contributed by atoms with Gasteiger partial charge in [0.1, 0.15) is 0 Å². The van der Waals surface area contributed by atoms with E-state index >= 15 is 0 Å². The molecule has 1 aromatic rings. The van der Waals surface area contributed by atoms with Gasteiger partial charge in [0.05, 0.1) is 6.20 Å². The molecule has 0 aromatic carbocycles. The minimum atomic E-state index is 0.139. The molecule has 3 heterocycles. The van der Waals surface area contributed by atoms with Crippen LogP contribution in [0.5, 0.6) is 0 Å². The highest BCUT2D eigenvalue weighted by Gasteiger charge is 2.22. The molecule has 126 valence electrons. The van der Waals surface area contributed by atoms with Crippen LogP contribution in [0.25, 0.3) is 0 Å². The Morgan fingerprint density at radius 1 is 1.04 bits per heavy atom. The van der Waals surface area contributed by atoms with Crippen molar-refractivity contribution in [2.75, 3.05) is 68.7 Å². The van der Waals surface area contributed by atoms with Gasteiger partial charge < -0.3 is 19.6 Å². The maximum Gasteiger partial charge on any atom is 0.247 e. The van der Waals surface area contributed by atoms with E-state index in [1.807, 2.05) is 4.90 Å². The molecule has 0 radical (unpaired) electrons. The van der Waals surface area contributed by atoms with Gasteiger partial charge in [0.25, 0.3) is 0 Å². The van der Waals surface area contributed by atoms with Gasteiger partial charge in [0, 0.05) is 59.3 Å². The molecule has 2 aliphatic rings. The first-order valence-electron chi connectivity index (χ1n) is 8.35. The topological polar surface area (TPSA) is 68.7 Å². The number of likely N-dealkylation sites (N-methyl/N-ethyl adjacent to an activating group) is 1. The molecule has 0 spiro atoms. The normalized spacial score (nSPS) is 20.0. The molecule has 2 fully saturated rings. The van der Waals surface area contributed by atoms with Crippen molar-refractivity contribution in [1.29, 1.82) is 0 Å². The summed E-state index contributed by atoms with van der Waals surface area (Å²) in [6.45, 7) is 11.9. The van der Waals surface area contributed by atoms with E-state index in [2.05, 4.69) is 31.8 Å². The molecular formula is C15H25N7O. The maximum absolute atomic E-state index is 11.4. The number of piperazine rings is 2. The van der Waals surface area contributed by atoms with E-state index in [4.69, 9.17) is 4.98 Å². The molecule has 3 rings (SSSR count). The third-order valence-corrected chi connectivity index (χ3v) is 4.69. The molecule has 2 saturated heterocycles. The summed E-state index contributed by atoms with van der Waals surface area (Å²) in [4.78, 5) is 24.8. The molecule has 23 heavy (non-hydrogen) atoms. The Balaban J connectivity index is 1.63. The second-order valence-corrected chi connectivity index (χ2v) is 6.03. The van der Waals surface area contributed by atoms with Crippen molar-refractivity contribution < 1.29 is 4.79 Å². The Hall–Kier alpha value is -1.96. The van der Waals surface area contributed by atoms with Gasteiger partial charge in [-0.2, -0.15) is 10.1 Å². The Kier molecular flexibility index (Phi) is 4.90. The summed E-state index contributed by atoms with van der Waals surface area (Å²) < 4.78 is 0. The summed E-state index contributed by atoms with van der Waals surface area (Å²) in [5.74, 6) is 1.71. The van der Waals surface area contributed by atoms with Crippen molar-refractivity contribution in [1.82, 2.24) is 25.0 Å². The lowest BCUT2D eigenvalue weighted by atomic mass is 10.3. The highest BCUT2D eigenvalue weighted by atomic mass is 16.2. The van der Waals surface area contributed by atoms with Gasteiger partial charge in [0.15, 0.2) is 5.82 Å². The minimum Gasteiger partial charge on any atom is -0.352 e.